The maximum Gasteiger partial charge on any atom is 0.196 e. The number of Topliss-reactive ketones (excluding diaryl/α,β-unsaturated/α-hetero) is 1. The van der Waals surface area contributed by atoms with Crippen molar-refractivity contribution in [3.63, 3.8) is 0 Å². The zero-order chi connectivity index (χ0) is 24.9. The highest BCUT2D eigenvalue weighted by Gasteiger charge is 2.20. The SMILES string of the molecule is CC1=Nc2ccccc2N/C(C)=C(/C(=O)c2ccc(C)cc2)C(C)=Nc2ccccc2N/C(C)=C\1. The number of aryl methyl sites for hydroxylation is 1. The second kappa shape index (κ2) is 10.3. The van der Waals surface area contributed by atoms with Gasteiger partial charge in [-0.25, -0.2) is 0 Å². The van der Waals surface area contributed by atoms with Crippen LogP contribution in [0, 0.1) is 6.92 Å². The largest absolute Gasteiger partial charge is 0.357 e. The van der Waals surface area contributed by atoms with Gasteiger partial charge in [0.05, 0.1) is 34.0 Å². The van der Waals surface area contributed by atoms with Crippen molar-refractivity contribution in [2.75, 3.05) is 10.6 Å². The van der Waals surface area contributed by atoms with Crippen LogP contribution in [-0.4, -0.2) is 17.2 Å². The molecule has 1 aliphatic heterocycles. The first-order valence-corrected chi connectivity index (χ1v) is 11.7. The van der Waals surface area contributed by atoms with Crippen molar-refractivity contribution in [2.45, 2.75) is 34.6 Å². The van der Waals surface area contributed by atoms with E-state index in [1.165, 1.54) is 0 Å². The van der Waals surface area contributed by atoms with E-state index in [4.69, 9.17) is 9.98 Å². The first-order valence-electron chi connectivity index (χ1n) is 11.7. The van der Waals surface area contributed by atoms with E-state index in [2.05, 4.69) is 10.6 Å². The lowest BCUT2D eigenvalue weighted by Crippen LogP contribution is -2.16. The summed E-state index contributed by atoms with van der Waals surface area (Å²) in [5, 5.41) is 6.89. The maximum atomic E-state index is 13.8. The molecule has 0 radical (unpaired) electrons. The van der Waals surface area contributed by atoms with Gasteiger partial charge in [-0.2, -0.15) is 0 Å². The Bertz CT molecular complexity index is 1390. The van der Waals surface area contributed by atoms with Crippen molar-refractivity contribution < 1.29 is 4.79 Å². The lowest BCUT2D eigenvalue weighted by Gasteiger charge is -2.17. The van der Waals surface area contributed by atoms with E-state index in [0.717, 1.165) is 39.7 Å². The van der Waals surface area contributed by atoms with Gasteiger partial charge >= 0.3 is 0 Å². The molecule has 35 heavy (non-hydrogen) atoms. The van der Waals surface area contributed by atoms with Gasteiger partial charge in [-0.05, 0) is 65.0 Å². The number of hydrogen-bond acceptors (Lipinski definition) is 5. The molecule has 0 saturated heterocycles. The molecule has 4 rings (SSSR count). The minimum atomic E-state index is -0.0815. The van der Waals surface area contributed by atoms with Crippen LogP contribution in [0.2, 0.25) is 0 Å². The van der Waals surface area contributed by atoms with E-state index in [1.54, 1.807) is 0 Å². The summed E-state index contributed by atoms with van der Waals surface area (Å²) in [6.07, 6.45) is 2.00. The summed E-state index contributed by atoms with van der Waals surface area (Å²) in [5.41, 5.74) is 8.63. The molecular formula is C30H30N4O. The average molecular weight is 463 g/mol. The van der Waals surface area contributed by atoms with Crippen LogP contribution >= 0.6 is 0 Å². The van der Waals surface area contributed by atoms with Crippen LogP contribution in [0.5, 0.6) is 0 Å². The van der Waals surface area contributed by atoms with Crippen LogP contribution in [0.1, 0.15) is 43.6 Å². The molecular weight excluding hydrogens is 432 g/mol. The van der Waals surface area contributed by atoms with Gasteiger partial charge in [0.2, 0.25) is 0 Å². The molecule has 0 unspecified atom stereocenters. The Morgan fingerprint density at radius 1 is 0.686 bits per heavy atom. The van der Waals surface area contributed by atoms with Crippen molar-refractivity contribution >= 4 is 40.0 Å². The number of nitrogens with zero attached hydrogens (tertiary/aromatic N) is 2. The fourth-order valence-corrected chi connectivity index (χ4v) is 4.09. The second-order valence-electron chi connectivity index (χ2n) is 8.76. The number of rotatable bonds is 2. The molecule has 0 amide bonds. The van der Waals surface area contributed by atoms with Crippen molar-refractivity contribution in [3.8, 4) is 0 Å². The number of allylic oxidation sites excluding steroid dienone is 4. The highest BCUT2D eigenvalue weighted by Crippen LogP contribution is 2.30. The maximum absolute atomic E-state index is 13.8. The third-order valence-corrected chi connectivity index (χ3v) is 5.75. The lowest BCUT2D eigenvalue weighted by atomic mass is 9.97. The molecule has 176 valence electrons. The summed E-state index contributed by atoms with van der Waals surface area (Å²) in [6.45, 7) is 9.77. The number of aliphatic imine (C=N–C) groups is 2. The summed E-state index contributed by atoms with van der Waals surface area (Å²) in [5.74, 6) is -0.0815. The fraction of sp³-hybridized carbons (Fsp3) is 0.167. The summed E-state index contributed by atoms with van der Waals surface area (Å²) in [4.78, 5) is 23.5. The third kappa shape index (κ3) is 5.64. The molecule has 0 saturated carbocycles. The van der Waals surface area contributed by atoms with Gasteiger partial charge in [0.15, 0.2) is 5.78 Å². The molecule has 3 aromatic carbocycles. The highest BCUT2D eigenvalue weighted by molar-refractivity contribution is 6.28. The van der Waals surface area contributed by atoms with E-state index in [9.17, 15) is 4.79 Å². The number of hydrogen-bond donors (Lipinski definition) is 2. The summed E-state index contributed by atoms with van der Waals surface area (Å²) >= 11 is 0. The number of carbonyl (C=O) groups excluding carboxylic acids is 1. The molecule has 0 aromatic heterocycles. The Labute approximate surface area is 207 Å². The van der Waals surface area contributed by atoms with Gasteiger partial charge in [0.1, 0.15) is 0 Å². The van der Waals surface area contributed by atoms with Crippen LogP contribution < -0.4 is 10.6 Å². The van der Waals surface area contributed by atoms with Gasteiger partial charge in [0, 0.05) is 22.7 Å². The predicted molar refractivity (Wildman–Crippen MR) is 148 cm³/mol. The molecule has 2 N–H and O–H groups in total. The van der Waals surface area contributed by atoms with Crippen molar-refractivity contribution in [1.29, 1.82) is 0 Å². The minimum absolute atomic E-state index is 0.0815. The monoisotopic (exact) mass is 462 g/mol. The number of fused-ring (bicyclic) bond motifs is 2. The fourth-order valence-electron chi connectivity index (χ4n) is 4.09. The zero-order valence-corrected chi connectivity index (χ0v) is 20.8. The topological polar surface area (TPSA) is 65.8 Å². The molecule has 3 aromatic rings. The van der Waals surface area contributed by atoms with Gasteiger partial charge in [-0.3, -0.25) is 14.8 Å². The summed E-state index contributed by atoms with van der Waals surface area (Å²) in [6, 6.07) is 23.3. The van der Waals surface area contributed by atoms with Crippen molar-refractivity contribution in [3.05, 3.63) is 107 Å². The number of ketones is 1. The van der Waals surface area contributed by atoms with Gasteiger partial charge in [-0.15, -0.1) is 0 Å². The molecule has 1 heterocycles. The van der Waals surface area contributed by atoms with Crippen molar-refractivity contribution in [2.24, 2.45) is 9.98 Å². The third-order valence-electron chi connectivity index (χ3n) is 5.75. The van der Waals surface area contributed by atoms with Gasteiger partial charge in [-0.1, -0.05) is 54.1 Å². The normalized spacial score (nSPS) is 17.8. The summed E-state index contributed by atoms with van der Waals surface area (Å²) in [7, 11) is 0. The minimum Gasteiger partial charge on any atom is -0.357 e. The van der Waals surface area contributed by atoms with Crippen LogP contribution in [0.25, 0.3) is 0 Å². The number of para-hydroxylation sites is 4. The molecule has 0 spiro atoms. The van der Waals surface area contributed by atoms with Gasteiger partial charge < -0.3 is 10.6 Å². The van der Waals surface area contributed by atoms with E-state index in [0.29, 0.717) is 22.5 Å². The quantitative estimate of drug-likeness (QED) is 0.382. The van der Waals surface area contributed by atoms with E-state index < -0.39 is 0 Å². The van der Waals surface area contributed by atoms with Crippen LogP contribution in [-0.2, 0) is 0 Å². The van der Waals surface area contributed by atoms with Crippen LogP contribution in [0.4, 0.5) is 22.7 Å². The Balaban J connectivity index is 1.94. The molecule has 0 bridgehead atoms. The average Bonchev–Trinajstić information content (AvgIpc) is 2.81. The Morgan fingerprint density at radius 2 is 1.26 bits per heavy atom. The Kier molecular flexibility index (Phi) is 7.06. The first-order chi connectivity index (χ1) is 16.8. The highest BCUT2D eigenvalue weighted by atomic mass is 16.1. The smallest absolute Gasteiger partial charge is 0.196 e. The number of nitrogens with one attached hydrogen (secondary N) is 2. The lowest BCUT2D eigenvalue weighted by molar-refractivity contribution is 0.103. The van der Waals surface area contributed by atoms with E-state index >= 15 is 0 Å². The van der Waals surface area contributed by atoms with Gasteiger partial charge in [0.25, 0.3) is 0 Å². The van der Waals surface area contributed by atoms with Crippen molar-refractivity contribution in [1.82, 2.24) is 0 Å². The van der Waals surface area contributed by atoms with E-state index in [1.807, 2.05) is 113 Å². The molecule has 5 nitrogen and oxygen atoms in total. The number of anilines is 2. The number of benzene rings is 3. The number of carbonyl (C=O) groups is 1. The second-order valence-corrected chi connectivity index (χ2v) is 8.76. The van der Waals surface area contributed by atoms with Crippen LogP contribution in [0.3, 0.4) is 0 Å². The Hall–Kier alpha value is -4.25. The molecule has 0 atom stereocenters. The first kappa shape index (κ1) is 23.9. The summed E-state index contributed by atoms with van der Waals surface area (Å²) < 4.78 is 0. The standard InChI is InChI=1S/C30H30N4O/c1-19-14-16-24(17-15-19)30(35)29-22(4)33-27-12-8-6-10-25(27)31-20(2)18-21(3)32-26-11-7-9-13-28(26)34-23(29)5/h6-18,31,34H,1-5H3/b20-18-,29-23+,32-21?,33-22?. The molecule has 1 aliphatic rings. The van der Waals surface area contributed by atoms with Crippen LogP contribution in [0.15, 0.2) is 106 Å². The predicted octanol–water partition coefficient (Wildman–Crippen LogP) is 7.78. The zero-order valence-electron chi connectivity index (χ0n) is 20.8. The van der Waals surface area contributed by atoms with E-state index in [-0.39, 0.29) is 5.78 Å². The Morgan fingerprint density at radius 3 is 1.91 bits per heavy atom. The molecule has 0 fully saturated rings. The molecule has 5 heteroatoms. The molecule has 0 aliphatic carbocycles.